The van der Waals surface area contributed by atoms with Gasteiger partial charge >= 0.3 is 0 Å². The van der Waals surface area contributed by atoms with E-state index >= 15 is 0 Å². The van der Waals surface area contributed by atoms with Gasteiger partial charge in [-0.3, -0.25) is 0 Å². The molecule has 1 aromatic carbocycles. The van der Waals surface area contributed by atoms with E-state index in [4.69, 9.17) is 4.74 Å². The first-order chi connectivity index (χ1) is 9.28. The molecule has 0 aliphatic carbocycles. The minimum atomic E-state index is -1.43. The number of halogens is 3. The third-order valence-corrected chi connectivity index (χ3v) is 3.44. The minimum Gasteiger partial charge on any atom is -0.373 e. The normalized spacial score (nSPS) is 23.3. The summed E-state index contributed by atoms with van der Waals surface area (Å²) in [7, 11) is 0. The van der Waals surface area contributed by atoms with Crippen LogP contribution in [0, 0.1) is 23.4 Å². The fourth-order valence-corrected chi connectivity index (χ4v) is 2.39. The maximum absolute atomic E-state index is 13.3. The molecule has 112 valence electrons. The summed E-state index contributed by atoms with van der Waals surface area (Å²) in [6.07, 6.45) is 0.420. The number of benzene rings is 1. The molecule has 1 N–H and O–H groups in total. The van der Waals surface area contributed by atoms with Crippen molar-refractivity contribution in [1.29, 1.82) is 0 Å². The monoisotopic (exact) mass is 287 g/mol. The van der Waals surface area contributed by atoms with Crippen LogP contribution in [0.2, 0.25) is 0 Å². The zero-order chi connectivity index (χ0) is 14.9. The van der Waals surface area contributed by atoms with Gasteiger partial charge < -0.3 is 10.1 Å². The lowest BCUT2D eigenvalue weighted by atomic mass is 9.94. The summed E-state index contributed by atoms with van der Waals surface area (Å²) in [6, 6.07) is 2.05. The smallest absolute Gasteiger partial charge is 0.194 e. The second-order valence-electron chi connectivity index (χ2n) is 6.27. The number of rotatable bonds is 3. The van der Waals surface area contributed by atoms with Gasteiger partial charge in [-0.2, -0.15) is 0 Å². The minimum absolute atomic E-state index is 0.0353. The van der Waals surface area contributed by atoms with E-state index in [0.717, 1.165) is 18.6 Å². The Balaban J connectivity index is 2.14. The zero-order valence-corrected chi connectivity index (χ0v) is 12.0. The Morgan fingerprint density at radius 1 is 1.20 bits per heavy atom. The fraction of sp³-hybridized carbons (Fsp3) is 0.600. The highest BCUT2D eigenvalue weighted by atomic mass is 19.2. The van der Waals surface area contributed by atoms with E-state index in [2.05, 4.69) is 26.1 Å². The van der Waals surface area contributed by atoms with Gasteiger partial charge in [0.15, 0.2) is 17.5 Å². The van der Waals surface area contributed by atoms with E-state index in [0.29, 0.717) is 18.7 Å². The summed E-state index contributed by atoms with van der Waals surface area (Å²) in [6.45, 7) is 7.38. The number of nitrogens with one attached hydrogen (secondary N) is 1. The molecule has 0 aromatic heterocycles. The van der Waals surface area contributed by atoms with Gasteiger partial charge in [0.25, 0.3) is 0 Å². The summed E-state index contributed by atoms with van der Waals surface area (Å²) in [4.78, 5) is 0. The summed E-state index contributed by atoms with van der Waals surface area (Å²) in [5, 5.41) is 3.36. The van der Waals surface area contributed by atoms with Gasteiger partial charge in [-0.25, -0.2) is 13.2 Å². The van der Waals surface area contributed by atoms with Crippen LogP contribution < -0.4 is 5.32 Å². The highest BCUT2D eigenvalue weighted by molar-refractivity contribution is 5.23. The van der Waals surface area contributed by atoms with E-state index in [1.54, 1.807) is 0 Å². The second-order valence-corrected chi connectivity index (χ2v) is 6.27. The van der Waals surface area contributed by atoms with Crippen LogP contribution in [0.15, 0.2) is 12.1 Å². The molecule has 1 saturated heterocycles. The molecule has 5 heteroatoms. The van der Waals surface area contributed by atoms with Gasteiger partial charge in [-0.15, -0.1) is 0 Å². The average molecular weight is 287 g/mol. The Labute approximate surface area is 117 Å². The van der Waals surface area contributed by atoms with Gasteiger partial charge in [0, 0.05) is 24.6 Å². The molecule has 1 aliphatic rings. The molecule has 2 atom stereocenters. The van der Waals surface area contributed by atoms with E-state index in [9.17, 15) is 13.2 Å². The standard InChI is InChI=1S/C15H20F3NO/c1-15(2,3)19-8-9-4-5-20-14(9)10-6-11(16)13(18)12(17)7-10/h6-7,9,14,19H,4-5,8H2,1-3H3. The van der Waals surface area contributed by atoms with E-state index in [-0.39, 0.29) is 11.5 Å². The van der Waals surface area contributed by atoms with Crippen LogP contribution in [0.3, 0.4) is 0 Å². The Morgan fingerprint density at radius 2 is 1.80 bits per heavy atom. The maximum atomic E-state index is 13.3. The van der Waals surface area contributed by atoms with E-state index < -0.39 is 23.6 Å². The molecule has 0 radical (unpaired) electrons. The predicted molar refractivity (Wildman–Crippen MR) is 70.9 cm³/mol. The topological polar surface area (TPSA) is 21.3 Å². The van der Waals surface area contributed by atoms with Gasteiger partial charge in [0.1, 0.15) is 0 Å². The van der Waals surface area contributed by atoms with Crippen LogP contribution in [0.5, 0.6) is 0 Å². The van der Waals surface area contributed by atoms with Crippen LogP contribution in [0.4, 0.5) is 13.2 Å². The van der Waals surface area contributed by atoms with Crippen molar-refractivity contribution < 1.29 is 17.9 Å². The highest BCUT2D eigenvalue weighted by Gasteiger charge is 2.31. The van der Waals surface area contributed by atoms with E-state index in [1.165, 1.54) is 0 Å². The highest BCUT2D eigenvalue weighted by Crippen LogP contribution is 2.35. The lowest BCUT2D eigenvalue weighted by Crippen LogP contribution is -2.39. The summed E-state index contributed by atoms with van der Waals surface area (Å²) < 4.78 is 45.2. The molecule has 0 spiro atoms. The van der Waals surface area contributed by atoms with Crippen LogP contribution >= 0.6 is 0 Å². The van der Waals surface area contributed by atoms with Crippen molar-refractivity contribution >= 4 is 0 Å². The third kappa shape index (κ3) is 3.52. The third-order valence-electron chi connectivity index (χ3n) is 3.44. The van der Waals surface area contributed by atoms with Crippen molar-refractivity contribution in [2.75, 3.05) is 13.2 Å². The molecule has 0 saturated carbocycles. The SMILES string of the molecule is CC(C)(C)NCC1CCOC1c1cc(F)c(F)c(F)c1. The molecule has 1 heterocycles. The second kappa shape index (κ2) is 5.74. The molecule has 1 aromatic rings. The Kier molecular flexibility index (Phi) is 4.39. The summed E-state index contributed by atoms with van der Waals surface area (Å²) in [5.74, 6) is -3.65. The first-order valence-corrected chi connectivity index (χ1v) is 6.79. The quantitative estimate of drug-likeness (QED) is 0.858. The zero-order valence-electron chi connectivity index (χ0n) is 12.0. The first-order valence-electron chi connectivity index (χ1n) is 6.79. The fourth-order valence-electron chi connectivity index (χ4n) is 2.39. The van der Waals surface area contributed by atoms with Crippen LogP contribution in [-0.2, 0) is 4.74 Å². The van der Waals surface area contributed by atoms with Gasteiger partial charge in [0.05, 0.1) is 6.10 Å². The van der Waals surface area contributed by atoms with Gasteiger partial charge in [-0.1, -0.05) is 0 Å². The maximum Gasteiger partial charge on any atom is 0.194 e. The lowest BCUT2D eigenvalue weighted by Gasteiger charge is -2.26. The number of hydrogen-bond donors (Lipinski definition) is 1. The molecule has 1 fully saturated rings. The van der Waals surface area contributed by atoms with Crippen molar-refractivity contribution in [2.45, 2.75) is 38.8 Å². The Hall–Kier alpha value is -1.07. The van der Waals surface area contributed by atoms with E-state index in [1.807, 2.05) is 0 Å². The largest absolute Gasteiger partial charge is 0.373 e. The summed E-state index contributed by atoms with van der Waals surface area (Å²) >= 11 is 0. The molecule has 1 aliphatic heterocycles. The van der Waals surface area contributed by atoms with Crippen LogP contribution in [0.25, 0.3) is 0 Å². The Morgan fingerprint density at radius 3 is 2.35 bits per heavy atom. The molecule has 0 bridgehead atoms. The van der Waals surface area contributed by atoms with Gasteiger partial charge in [-0.05, 0) is 44.9 Å². The molecule has 2 rings (SSSR count). The van der Waals surface area contributed by atoms with Crippen LogP contribution in [-0.4, -0.2) is 18.7 Å². The average Bonchev–Trinajstić information content (AvgIpc) is 2.80. The molecule has 2 unspecified atom stereocenters. The molecule has 2 nitrogen and oxygen atoms in total. The number of ether oxygens (including phenoxy) is 1. The van der Waals surface area contributed by atoms with Crippen molar-refractivity contribution in [3.05, 3.63) is 35.1 Å². The van der Waals surface area contributed by atoms with Gasteiger partial charge in [0.2, 0.25) is 0 Å². The van der Waals surface area contributed by atoms with Crippen molar-refractivity contribution in [3.63, 3.8) is 0 Å². The Bertz CT molecular complexity index is 461. The van der Waals surface area contributed by atoms with Crippen molar-refractivity contribution in [1.82, 2.24) is 5.32 Å². The van der Waals surface area contributed by atoms with Crippen molar-refractivity contribution in [2.24, 2.45) is 5.92 Å². The first kappa shape index (κ1) is 15.3. The summed E-state index contributed by atoms with van der Waals surface area (Å²) in [5.41, 5.74) is 0.325. The van der Waals surface area contributed by atoms with Crippen molar-refractivity contribution in [3.8, 4) is 0 Å². The molecule has 0 amide bonds. The molecular weight excluding hydrogens is 267 g/mol. The number of hydrogen-bond acceptors (Lipinski definition) is 2. The molecule has 20 heavy (non-hydrogen) atoms. The van der Waals surface area contributed by atoms with Crippen LogP contribution in [0.1, 0.15) is 38.9 Å². The predicted octanol–water partition coefficient (Wildman–Crippen LogP) is 3.57. The lowest BCUT2D eigenvalue weighted by molar-refractivity contribution is 0.0882. The molecular formula is C15H20F3NO.